The zero-order chi connectivity index (χ0) is 20.3. The van der Waals surface area contributed by atoms with E-state index in [2.05, 4.69) is 9.72 Å². The van der Waals surface area contributed by atoms with E-state index in [9.17, 15) is 22.8 Å². The maximum absolute atomic E-state index is 12.9. The second kappa shape index (κ2) is 7.89. The second-order valence-electron chi connectivity index (χ2n) is 6.14. The van der Waals surface area contributed by atoms with Gasteiger partial charge in [0, 0.05) is 25.1 Å². The fourth-order valence-electron chi connectivity index (χ4n) is 3.01. The zero-order valence-corrected chi connectivity index (χ0v) is 14.6. The van der Waals surface area contributed by atoms with Crippen LogP contribution in [-0.4, -0.2) is 27.6 Å². The van der Waals surface area contributed by atoms with Crippen LogP contribution >= 0.6 is 0 Å². The predicted octanol–water partition coefficient (Wildman–Crippen LogP) is 2.56. The third-order valence-electron chi connectivity index (χ3n) is 4.20. The van der Waals surface area contributed by atoms with E-state index in [-0.39, 0.29) is 42.5 Å². The monoisotopic (exact) mass is 394 g/mol. The van der Waals surface area contributed by atoms with Crippen LogP contribution in [0.25, 0.3) is 10.9 Å². The lowest BCUT2D eigenvalue weighted by atomic mass is 10.00. The number of aliphatic hydroxyl groups excluding tert-OH is 1. The van der Waals surface area contributed by atoms with Gasteiger partial charge in [0.25, 0.3) is 5.56 Å². The average Bonchev–Trinajstić information content (AvgIpc) is 2.63. The van der Waals surface area contributed by atoms with Gasteiger partial charge in [0.05, 0.1) is 10.9 Å². The first kappa shape index (κ1) is 19.7. The molecule has 9 heteroatoms. The molecule has 3 aromatic rings. The van der Waals surface area contributed by atoms with Crippen molar-refractivity contribution in [2.75, 3.05) is 6.61 Å². The molecule has 0 radical (unpaired) electrons. The van der Waals surface area contributed by atoms with Gasteiger partial charge in [-0.05, 0) is 24.1 Å². The Morgan fingerprint density at radius 2 is 1.79 bits per heavy atom. The van der Waals surface area contributed by atoms with Crippen LogP contribution in [0.2, 0.25) is 0 Å². The number of aromatic amines is 1. The van der Waals surface area contributed by atoms with Crippen LogP contribution in [0.4, 0.5) is 13.2 Å². The minimum absolute atomic E-state index is 0.00484. The minimum atomic E-state index is -4.93. The summed E-state index contributed by atoms with van der Waals surface area (Å²) in [5.41, 5.74) is -0.600. The summed E-state index contributed by atoms with van der Waals surface area (Å²) in [6, 6.07) is 10.9. The number of halogens is 3. The Balaban J connectivity index is 2.27. The van der Waals surface area contributed by atoms with Crippen molar-refractivity contribution in [1.29, 1.82) is 0 Å². The van der Waals surface area contributed by atoms with E-state index in [1.807, 2.05) is 0 Å². The smallest absolute Gasteiger partial charge is 0.405 e. The molecule has 1 aromatic heterocycles. The maximum atomic E-state index is 12.9. The molecule has 1 heterocycles. The number of nitrogens with one attached hydrogen (secondary N) is 1. The topological polar surface area (TPSA) is 84.3 Å². The summed E-state index contributed by atoms with van der Waals surface area (Å²) in [5, 5.41) is 8.92. The number of nitrogens with zero attached hydrogens (tertiary/aromatic N) is 1. The van der Waals surface area contributed by atoms with E-state index in [0.29, 0.717) is 5.56 Å². The summed E-state index contributed by atoms with van der Waals surface area (Å²) in [6.45, 7) is -0.298. The standard InChI is InChI=1S/C19H17F3N2O4/c20-19(21,22)28-15-8-7-14-16(13(15)11-12-5-2-1-3-6-12)17(26)24(9-4-10-25)18(27)23-14/h1-3,5-8,25H,4,9-11H2,(H,23,27). The van der Waals surface area contributed by atoms with E-state index < -0.39 is 23.4 Å². The fraction of sp³-hybridized carbons (Fsp3) is 0.263. The van der Waals surface area contributed by atoms with Gasteiger partial charge in [-0.3, -0.25) is 9.36 Å². The molecule has 0 atom stereocenters. The molecule has 0 aliphatic heterocycles. The van der Waals surface area contributed by atoms with Gasteiger partial charge in [0.15, 0.2) is 0 Å². The molecular formula is C19H17F3N2O4. The third kappa shape index (κ3) is 4.25. The number of aromatic nitrogens is 2. The molecule has 3 rings (SSSR count). The lowest BCUT2D eigenvalue weighted by Crippen LogP contribution is -2.36. The number of fused-ring (bicyclic) bond motifs is 1. The Labute approximate surface area is 156 Å². The first-order chi connectivity index (χ1) is 13.3. The normalized spacial score (nSPS) is 11.7. The Bertz CT molecular complexity index is 1090. The zero-order valence-electron chi connectivity index (χ0n) is 14.6. The van der Waals surface area contributed by atoms with Crippen molar-refractivity contribution < 1.29 is 23.0 Å². The van der Waals surface area contributed by atoms with Crippen molar-refractivity contribution in [3.05, 3.63) is 74.4 Å². The minimum Gasteiger partial charge on any atom is -0.405 e. The van der Waals surface area contributed by atoms with E-state index in [4.69, 9.17) is 5.11 Å². The molecule has 0 bridgehead atoms. The van der Waals surface area contributed by atoms with Crippen molar-refractivity contribution in [2.45, 2.75) is 25.7 Å². The summed E-state index contributed by atoms with van der Waals surface area (Å²) < 4.78 is 43.6. The highest BCUT2D eigenvalue weighted by Gasteiger charge is 2.33. The third-order valence-corrected chi connectivity index (χ3v) is 4.20. The SMILES string of the molecule is O=c1[nH]c2ccc(OC(F)(F)F)c(Cc3ccccc3)c2c(=O)n1CCCO. The number of benzene rings is 2. The van der Waals surface area contributed by atoms with Crippen molar-refractivity contribution in [3.63, 3.8) is 0 Å². The predicted molar refractivity (Wildman–Crippen MR) is 96.5 cm³/mol. The quantitative estimate of drug-likeness (QED) is 0.673. The fourth-order valence-corrected chi connectivity index (χ4v) is 3.01. The summed E-state index contributed by atoms with van der Waals surface area (Å²) >= 11 is 0. The number of alkyl halides is 3. The number of hydrogen-bond acceptors (Lipinski definition) is 4. The Kier molecular flexibility index (Phi) is 5.55. The second-order valence-corrected chi connectivity index (χ2v) is 6.14. The van der Waals surface area contributed by atoms with Crippen LogP contribution in [0.3, 0.4) is 0 Å². The highest BCUT2D eigenvalue weighted by molar-refractivity contribution is 5.84. The molecule has 0 aliphatic carbocycles. The van der Waals surface area contributed by atoms with E-state index in [1.54, 1.807) is 30.3 Å². The van der Waals surface area contributed by atoms with E-state index in [0.717, 1.165) is 10.6 Å². The van der Waals surface area contributed by atoms with Crippen molar-refractivity contribution in [1.82, 2.24) is 9.55 Å². The van der Waals surface area contributed by atoms with Gasteiger partial charge in [-0.2, -0.15) is 0 Å². The summed E-state index contributed by atoms with van der Waals surface area (Å²) in [5.74, 6) is -0.498. The molecule has 28 heavy (non-hydrogen) atoms. The highest BCUT2D eigenvalue weighted by atomic mass is 19.4. The van der Waals surface area contributed by atoms with Crippen molar-refractivity contribution in [2.24, 2.45) is 0 Å². The van der Waals surface area contributed by atoms with Gasteiger partial charge in [-0.25, -0.2) is 4.79 Å². The molecule has 0 amide bonds. The molecular weight excluding hydrogens is 377 g/mol. The number of aliphatic hydroxyl groups is 1. The molecule has 0 saturated carbocycles. The van der Waals surface area contributed by atoms with Gasteiger partial charge < -0.3 is 14.8 Å². The van der Waals surface area contributed by atoms with Crippen molar-refractivity contribution in [3.8, 4) is 5.75 Å². The molecule has 0 spiro atoms. The van der Waals surface area contributed by atoms with Gasteiger partial charge in [-0.15, -0.1) is 13.2 Å². The first-order valence-electron chi connectivity index (χ1n) is 8.49. The highest BCUT2D eigenvalue weighted by Crippen LogP contribution is 2.31. The summed E-state index contributed by atoms with van der Waals surface area (Å²) in [7, 11) is 0. The number of rotatable bonds is 6. The lowest BCUT2D eigenvalue weighted by Gasteiger charge is -2.16. The van der Waals surface area contributed by atoms with Crippen LogP contribution in [0.1, 0.15) is 17.5 Å². The van der Waals surface area contributed by atoms with Crippen LogP contribution in [0.15, 0.2) is 52.1 Å². The molecule has 0 saturated heterocycles. The number of hydrogen-bond donors (Lipinski definition) is 2. The summed E-state index contributed by atoms with van der Waals surface area (Å²) in [4.78, 5) is 27.6. The Morgan fingerprint density at radius 1 is 1.07 bits per heavy atom. The van der Waals surface area contributed by atoms with E-state index >= 15 is 0 Å². The molecule has 148 valence electrons. The van der Waals surface area contributed by atoms with Crippen LogP contribution < -0.4 is 16.0 Å². The van der Waals surface area contributed by atoms with Gasteiger partial charge in [-0.1, -0.05) is 30.3 Å². The number of H-pyrrole nitrogens is 1. The Morgan fingerprint density at radius 3 is 2.43 bits per heavy atom. The van der Waals surface area contributed by atoms with Crippen LogP contribution in [0.5, 0.6) is 5.75 Å². The van der Waals surface area contributed by atoms with Crippen LogP contribution in [0, 0.1) is 0 Å². The summed E-state index contributed by atoms with van der Waals surface area (Å²) in [6.07, 6.45) is -4.77. The van der Waals surface area contributed by atoms with E-state index in [1.165, 1.54) is 6.07 Å². The average molecular weight is 394 g/mol. The molecule has 2 aromatic carbocycles. The first-order valence-corrected chi connectivity index (χ1v) is 8.49. The number of ether oxygens (including phenoxy) is 1. The van der Waals surface area contributed by atoms with Gasteiger partial charge in [0.1, 0.15) is 5.75 Å². The van der Waals surface area contributed by atoms with Gasteiger partial charge >= 0.3 is 12.1 Å². The van der Waals surface area contributed by atoms with Gasteiger partial charge in [0.2, 0.25) is 0 Å². The van der Waals surface area contributed by atoms with Crippen molar-refractivity contribution >= 4 is 10.9 Å². The molecule has 6 nitrogen and oxygen atoms in total. The lowest BCUT2D eigenvalue weighted by molar-refractivity contribution is -0.274. The maximum Gasteiger partial charge on any atom is 0.573 e. The largest absolute Gasteiger partial charge is 0.573 e. The molecule has 2 N–H and O–H groups in total. The Hall–Kier alpha value is -3.07. The molecule has 0 fully saturated rings. The van der Waals surface area contributed by atoms with Crippen LogP contribution in [-0.2, 0) is 13.0 Å². The molecule has 0 aliphatic rings. The molecule has 0 unspecified atom stereocenters.